The van der Waals surface area contributed by atoms with Crippen LogP contribution in [0.15, 0.2) is 47.6 Å². The summed E-state index contributed by atoms with van der Waals surface area (Å²) in [5.41, 5.74) is 4.35. The SMILES string of the molecule is C=CC=C(C)C1=C(C(C)CC)CC=C1. The lowest BCUT2D eigenvalue weighted by molar-refractivity contribution is 0.642. The lowest BCUT2D eigenvalue weighted by Crippen LogP contribution is -1.98. The van der Waals surface area contributed by atoms with Crippen LogP contribution >= 0.6 is 0 Å². The normalized spacial score (nSPS) is 18.9. The molecule has 1 aliphatic carbocycles. The highest BCUT2D eigenvalue weighted by Gasteiger charge is 2.14. The molecule has 1 atom stereocenters. The van der Waals surface area contributed by atoms with Gasteiger partial charge in [-0.1, -0.05) is 50.3 Å². The molecule has 1 unspecified atom stereocenters. The Morgan fingerprint density at radius 3 is 2.93 bits per heavy atom. The van der Waals surface area contributed by atoms with E-state index in [0.29, 0.717) is 5.92 Å². The summed E-state index contributed by atoms with van der Waals surface area (Å²) in [6, 6.07) is 0. The third kappa shape index (κ3) is 2.25. The molecule has 0 bridgehead atoms. The number of hydrogen-bond donors (Lipinski definition) is 0. The second-order valence-electron chi connectivity index (χ2n) is 3.94. The summed E-state index contributed by atoms with van der Waals surface area (Å²) >= 11 is 0. The Balaban J connectivity index is 2.97. The molecule has 0 spiro atoms. The number of allylic oxidation sites excluding steroid dienone is 7. The van der Waals surface area contributed by atoms with Crippen LogP contribution in [0, 0.1) is 5.92 Å². The van der Waals surface area contributed by atoms with E-state index in [1.807, 2.05) is 6.08 Å². The zero-order valence-corrected chi connectivity index (χ0v) is 9.51. The van der Waals surface area contributed by atoms with Crippen LogP contribution in [0.4, 0.5) is 0 Å². The molecular weight excluding hydrogens is 168 g/mol. The summed E-state index contributed by atoms with van der Waals surface area (Å²) in [6.45, 7) is 10.5. The molecule has 0 aliphatic heterocycles. The van der Waals surface area contributed by atoms with E-state index in [1.54, 1.807) is 5.57 Å². The highest BCUT2D eigenvalue weighted by atomic mass is 14.2. The van der Waals surface area contributed by atoms with Crippen molar-refractivity contribution in [3.05, 3.63) is 47.6 Å². The molecule has 0 saturated carbocycles. The van der Waals surface area contributed by atoms with E-state index in [1.165, 1.54) is 17.6 Å². The van der Waals surface area contributed by atoms with Crippen LogP contribution in [0.1, 0.15) is 33.6 Å². The quantitative estimate of drug-likeness (QED) is 0.573. The first-order valence-corrected chi connectivity index (χ1v) is 5.40. The molecule has 0 radical (unpaired) electrons. The fourth-order valence-electron chi connectivity index (χ4n) is 1.89. The van der Waals surface area contributed by atoms with Gasteiger partial charge in [-0.2, -0.15) is 0 Å². The van der Waals surface area contributed by atoms with Gasteiger partial charge in [-0.05, 0) is 36.8 Å². The lowest BCUT2D eigenvalue weighted by atomic mass is 9.92. The van der Waals surface area contributed by atoms with E-state index >= 15 is 0 Å². The maximum atomic E-state index is 3.74. The Kier molecular flexibility index (Phi) is 3.94. The number of hydrogen-bond acceptors (Lipinski definition) is 0. The molecule has 0 aromatic heterocycles. The van der Waals surface area contributed by atoms with Crippen molar-refractivity contribution in [1.82, 2.24) is 0 Å². The van der Waals surface area contributed by atoms with Gasteiger partial charge in [0.25, 0.3) is 0 Å². The van der Waals surface area contributed by atoms with Gasteiger partial charge in [-0.15, -0.1) is 0 Å². The van der Waals surface area contributed by atoms with Gasteiger partial charge >= 0.3 is 0 Å². The third-order valence-electron chi connectivity index (χ3n) is 2.97. The minimum atomic E-state index is 0.702. The van der Waals surface area contributed by atoms with Crippen molar-refractivity contribution < 1.29 is 0 Å². The van der Waals surface area contributed by atoms with Gasteiger partial charge < -0.3 is 0 Å². The van der Waals surface area contributed by atoms with Crippen LogP contribution in [0.2, 0.25) is 0 Å². The van der Waals surface area contributed by atoms with E-state index in [0.717, 1.165) is 6.42 Å². The fourth-order valence-corrected chi connectivity index (χ4v) is 1.89. The minimum absolute atomic E-state index is 0.702. The van der Waals surface area contributed by atoms with Crippen LogP contribution in [0.5, 0.6) is 0 Å². The van der Waals surface area contributed by atoms with Crippen molar-refractivity contribution >= 4 is 0 Å². The first-order valence-electron chi connectivity index (χ1n) is 5.40. The summed E-state index contributed by atoms with van der Waals surface area (Å²) < 4.78 is 0. The summed E-state index contributed by atoms with van der Waals surface area (Å²) in [7, 11) is 0. The summed E-state index contributed by atoms with van der Waals surface area (Å²) in [6.07, 6.45) is 10.8. The zero-order valence-electron chi connectivity index (χ0n) is 9.51. The molecular formula is C14H20. The fraction of sp³-hybridized carbons (Fsp3) is 0.429. The molecule has 0 amide bonds. The van der Waals surface area contributed by atoms with Gasteiger partial charge in [0.15, 0.2) is 0 Å². The molecule has 0 heteroatoms. The third-order valence-corrected chi connectivity index (χ3v) is 2.97. The summed E-state index contributed by atoms with van der Waals surface area (Å²) in [4.78, 5) is 0. The van der Waals surface area contributed by atoms with E-state index in [2.05, 4.69) is 45.6 Å². The molecule has 1 rings (SSSR count). The lowest BCUT2D eigenvalue weighted by Gasteiger charge is -2.13. The Bertz CT molecular complexity index is 300. The van der Waals surface area contributed by atoms with Crippen molar-refractivity contribution in [2.45, 2.75) is 33.6 Å². The highest BCUT2D eigenvalue weighted by Crippen LogP contribution is 2.31. The predicted molar refractivity (Wildman–Crippen MR) is 64.2 cm³/mol. The van der Waals surface area contributed by atoms with Gasteiger partial charge in [0.05, 0.1) is 0 Å². The van der Waals surface area contributed by atoms with Crippen LogP contribution in [0.25, 0.3) is 0 Å². The maximum Gasteiger partial charge on any atom is -0.0124 e. The zero-order chi connectivity index (χ0) is 10.6. The van der Waals surface area contributed by atoms with Crippen molar-refractivity contribution in [2.24, 2.45) is 5.92 Å². The van der Waals surface area contributed by atoms with Gasteiger partial charge in [-0.3, -0.25) is 0 Å². The minimum Gasteiger partial charge on any atom is -0.0991 e. The van der Waals surface area contributed by atoms with Gasteiger partial charge in [0, 0.05) is 0 Å². The molecule has 76 valence electrons. The van der Waals surface area contributed by atoms with Gasteiger partial charge in [-0.25, -0.2) is 0 Å². The van der Waals surface area contributed by atoms with Crippen LogP contribution < -0.4 is 0 Å². The van der Waals surface area contributed by atoms with Crippen molar-refractivity contribution in [3.63, 3.8) is 0 Å². The van der Waals surface area contributed by atoms with Crippen LogP contribution in [-0.2, 0) is 0 Å². The molecule has 0 aromatic carbocycles. The van der Waals surface area contributed by atoms with Crippen LogP contribution in [0.3, 0.4) is 0 Å². The molecule has 14 heavy (non-hydrogen) atoms. The van der Waals surface area contributed by atoms with Gasteiger partial charge in [0.1, 0.15) is 0 Å². The van der Waals surface area contributed by atoms with Crippen molar-refractivity contribution in [3.8, 4) is 0 Å². The number of rotatable bonds is 4. The van der Waals surface area contributed by atoms with Crippen molar-refractivity contribution in [1.29, 1.82) is 0 Å². The first-order chi connectivity index (χ1) is 6.70. The van der Waals surface area contributed by atoms with Gasteiger partial charge in [0.2, 0.25) is 0 Å². The predicted octanol–water partition coefficient (Wildman–Crippen LogP) is 4.42. The highest BCUT2D eigenvalue weighted by molar-refractivity contribution is 5.48. The average Bonchev–Trinajstić information content (AvgIpc) is 2.65. The Morgan fingerprint density at radius 1 is 1.64 bits per heavy atom. The average molecular weight is 188 g/mol. The summed E-state index contributed by atoms with van der Waals surface area (Å²) in [5.74, 6) is 0.702. The largest absolute Gasteiger partial charge is 0.0991 e. The molecule has 0 heterocycles. The molecule has 0 N–H and O–H groups in total. The van der Waals surface area contributed by atoms with Crippen molar-refractivity contribution in [2.75, 3.05) is 0 Å². The van der Waals surface area contributed by atoms with E-state index in [4.69, 9.17) is 0 Å². The topological polar surface area (TPSA) is 0 Å². The Morgan fingerprint density at radius 2 is 2.36 bits per heavy atom. The van der Waals surface area contributed by atoms with E-state index < -0.39 is 0 Å². The first kappa shape index (κ1) is 11.0. The van der Waals surface area contributed by atoms with Crippen LogP contribution in [-0.4, -0.2) is 0 Å². The maximum absolute atomic E-state index is 3.74. The Labute approximate surface area is 87.7 Å². The smallest absolute Gasteiger partial charge is 0.0124 e. The monoisotopic (exact) mass is 188 g/mol. The molecule has 0 fully saturated rings. The molecule has 0 nitrogen and oxygen atoms in total. The second kappa shape index (κ2) is 4.99. The summed E-state index contributed by atoms with van der Waals surface area (Å²) in [5, 5.41) is 0. The molecule has 0 aromatic rings. The molecule has 0 saturated heterocycles. The van der Waals surface area contributed by atoms with E-state index in [-0.39, 0.29) is 0 Å². The standard InChI is InChI=1S/C14H20/c1-5-8-12(4)14-10-7-9-13(14)11(3)6-2/h5,7-8,10-11H,1,6,9H2,2-4H3. The Hall–Kier alpha value is -1.04. The second-order valence-corrected chi connectivity index (χ2v) is 3.94. The molecule has 1 aliphatic rings. The van der Waals surface area contributed by atoms with E-state index in [9.17, 15) is 0 Å².